The molecule has 3 aromatic rings. The second-order valence-electron chi connectivity index (χ2n) is 7.35. The van der Waals surface area contributed by atoms with Gasteiger partial charge in [-0.3, -0.25) is 9.59 Å². The van der Waals surface area contributed by atoms with Crippen molar-refractivity contribution in [2.45, 2.75) is 31.9 Å². The summed E-state index contributed by atoms with van der Waals surface area (Å²) in [5, 5.41) is 9.07. The number of carbonyl (C=O) groups is 2. The summed E-state index contributed by atoms with van der Waals surface area (Å²) in [6, 6.07) is 7.91. The maximum atomic E-state index is 12.8. The van der Waals surface area contributed by atoms with Gasteiger partial charge in [-0.15, -0.1) is 11.3 Å². The Labute approximate surface area is 199 Å². The summed E-state index contributed by atoms with van der Waals surface area (Å²) in [5.74, 6) is -1.34. The number of nitrogens with one attached hydrogen (secondary N) is 3. The Kier molecular flexibility index (Phi) is 7.68. The molecular weight excluding hydrogens is 498 g/mol. The molecule has 0 bridgehead atoms. The molecule has 6 nitrogen and oxygen atoms in total. The number of rotatable bonds is 7. The number of hydrogen-bond donors (Lipinski definition) is 3. The van der Waals surface area contributed by atoms with Crippen LogP contribution in [0.3, 0.4) is 0 Å². The summed E-state index contributed by atoms with van der Waals surface area (Å²) in [6.07, 6.45) is -9.02. The van der Waals surface area contributed by atoms with Crippen LogP contribution in [0.1, 0.15) is 34.1 Å². The van der Waals surface area contributed by atoms with Crippen LogP contribution in [0.2, 0.25) is 0 Å². The molecule has 0 radical (unpaired) electrons. The average molecular weight is 516 g/mol. The second-order valence-corrected chi connectivity index (χ2v) is 8.21. The average Bonchev–Trinajstić information content (AvgIpc) is 3.25. The molecule has 1 aromatic heterocycles. The van der Waals surface area contributed by atoms with E-state index < -0.39 is 41.3 Å². The van der Waals surface area contributed by atoms with Crippen molar-refractivity contribution in [3.8, 4) is 0 Å². The van der Waals surface area contributed by atoms with Gasteiger partial charge in [0.05, 0.1) is 11.1 Å². The van der Waals surface area contributed by atoms with Gasteiger partial charge in [-0.2, -0.15) is 26.3 Å². The van der Waals surface area contributed by atoms with Crippen molar-refractivity contribution >= 4 is 34.0 Å². The van der Waals surface area contributed by atoms with Gasteiger partial charge in [-0.25, -0.2) is 4.98 Å². The monoisotopic (exact) mass is 516 g/mol. The summed E-state index contributed by atoms with van der Waals surface area (Å²) in [7, 11) is 0. The highest BCUT2D eigenvalue weighted by atomic mass is 32.1. The van der Waals surface area contributed by atoms with E-state index in [0.717, 1.165) is 35.6 Å². The maximum absolute atomic E-state index is 12.8. The topological polar surface area (TPSA) is 83.1 Å². The van der Waals surface area contributed by atoms with E-state index in [1.54, 1.807) is 0 Å². The molecule has 2 amide bonds. The highest BCUT2D eigenvalue weighted by molar-refractivity contribution is 7.14. The smallest absolute Gasteiger partial charge is 0.350 e. The number of hydrogen-bond acceptors (Lipinski definition) is 5. The largest absolute Gasteiger partial charge is 0.416 e. The lowest BCUT2D eigenvalue weighted by atomic mass is 10.1. The number of anilines is 2. The first-order valence-corrected chi connectivity index (χ1v) is 10.9. The zero-order chi connectivity index (χ0) is 25.8. The lowest BCUT2D eigenvalue weighted by Crippen LogP contribution is -2.44. The van der Waals surface area contributed by atoms with Gasteiger partial charge in [0.25, 0.3) is 5.91 Å². The second kappa shape index (κ2) is 10.3. The normalized spacial score (nSPS) is 12.7. The van der Waals surface area contributed by atoms with Gasteiger partial charge in [-0.1, -0.05) is 18.2 Å². The number of thiazole rings is 1. The predicted octanol–water partition coefficient (Wildman–Crippen LogP) is 5.36. The lowest BCUT2D eigenvalue weighted by molar-refractivity contribution is -0.138. The van der Waals surface area contributed by atoms with Crippen LogP contribution in [-0.4, -0.2) is 22.8 Å². The first-order valence-electron chi connectivity index (χ1n) is 9.97. The van der Waals surface area contributed by atoms with E-state index in [0.29, 0.717) is 0 Å². The van der Waals surface area contributed by atoms with Crippen molar-refractivity contribution in [1.29, 1.82) is 0 Å². The van der Waals surface area contributed by atoms with Crippen LogP contribution in [0, 0.1) is 0 Å². The highest BCUT2D eigenvalue weighted by Gasteiger charge is 2.31. The molecule has 1 heterocycles. The maximum Gasteiger partial charge on any atom is 0.416 e. The highest BCUT2D eigenvalue weighted by Crippen LogP contribution is 2.32. The summed E-state index contributed by atoms with van der Waals surface area (Å²) >= 11 is 0.976. The zero-order valence-electron chi connectivity index (χ0n) is 17.9. The molecule has 3 N–H and O–H groups in total. The fourth-order valence-corrected chi connectivity index (χ4v) is 3.58. The van der Waals surface area contributed by atoms with Crippen LogP contribution in [0.4, 0.5) is 37.2 Å². The third kappa shape index (κ3) is 7.18. The Bertz CT molecular complexity index is 1210. The van der Waals surface area contributed by atoms with E-state index in [2.05, 4.69) is 20.9 Å². The van der Waals surface area contributed by atoms with Gasteiger partial charge < -0.3 is 16.0 Å². The summed E-state index contributed by atoms with van der Waals surface area (Å²) in [4.78, 5) is 28.7. The Morgan fingerprint density at radius 2 is 1.60 bits per heavy atom. The van der Waals surface area contributed by atoms with Crippen LogP contribution in [0.25, 0.3) is 0 Å². The molecule has 0 saturated carbocycles. The molecule has 35 heavy (non-hydrogen) atoms. The minimum Gasteiger partial charge on any atom is -0.350 e. The minimum atomic E-state index is -4.51. The Balaban J connectivity index is 1.55. The van der Waals surface area contributed by atoms with E-state index in [4.69, 9.17) is 0 Å². The number of amides is 2. The van der Waals surface area contributed by atoms with Gasteiger partial charge >= 0.3 is 12.4 Å². The molecule has 0 spiro atoms. The summed E-state index contributed by atoms with van der Waals surface area (Å²) in [5.41, 5.74) is -1.40. The molecule has 0 aliphatic rings. The van der Waals surface area contributed by atoms with Gasteiger partial charge in [-0.05, 0) is 42.8 Å². The summed E-state index contributed by atoms with van der Waals surface area (Å²) < 4.78 is 76.9. The fourth-order valence-electron chi connectivity index (χ4n) is 2.87. The Morgan fingerprint density at radius 1 is 0.971 bits per heavy atom. The van der Waals surface area contributed by atoms with Crippen LogP contribution in [0.5, 0.6) is 0 Å². The fraction of sp³-hybridized carbons (Fsp3) is 0.227. The molecule has 3 rings (SSSR count). The molecule has 0 saturated heterocycles. The first-order chi connectivity index (χ1) is 16.3. The van der Waals surface area contributed by atoms with Crippen molar-refractivity contribution in [2.75, 3.05) is 5.32 Å². The predicted molar refractivity (Wildman–Crippen MR) is 117 cm³/mol. The molecule has 0 unspecified atom stereocenters. The van der Waals surface area contributed by atoms with Gasteiger partial charge in [0, 0.05) is 17.6 Å². The van der Waals surface area contributed by atoms with E-state index in [1.807, 2.05) is 0 Å². The van der Waals surface area contributed by atoms with Gasteiger partial charge in [0.1, 0.15) is 11.7 Å². The van der Waals surface area contributed by atoms with E-state index in [9.17, 15) is 35.9 Å². The summed E-state index contributed by atoms with van der Waals surface area (Å²) in [6.45, 7) is 1.21. The third-order valence-corrected chi connectivity index (χ3v) is 5.40. The standard InChI is InChI=1S/C22H18F6N4O2S/c1-12(18(33)29-10-13-4-2-5-14(8-13)21(23,24)25)30-19(34)17-11-35-20(32-17)31-16-7-3-6-15(9-16)22(26,27)28/h2-9,11-12H,10H2,1H3,(H,29,33)(H,30,34)(H,31,32)/t12-/m0/s1. The van der Waals surface area contributed by atoms with Crippen molar-refractivity contribution in [3.63, 3.8) is 0 Å². The zero-order valence-corrected chi connectivity index (χ0v) is 18.7. The molecular formula is C22H18F6N4O2S. The number of nitrogens with zero attached hydrogens (tertiary/aromatic N) is 1. The van der Waals surface area contributed by atoms with Crippen molar-refractivity contribution < 1.29 is 35.9 Å². The molecule has 2 aromatic carbocycles. The Hall–Kier alpha value is -3.61. The van der Waals surface area contributed by atoms with Crippen molar-refractivity contribution in [2.24, 2.45) is 0 Å². The van der Waals surface area contributed by atoms with E-state index in [1.165, 1.54) is 36.6 Å². The van der Waals surface area contributed by atoms with Gasteiger partial charge in [0.15, 0.2) is 5.13 Å². The number of aromatic nitrogens is 1. The molecule has 186 valence electrons. The SMILES string of the molecule is C[C@H](NC(=O)c1csc(Nc2cccc(C(F)(F)F)c2)n1)C(=O)NCc1cccc(C(F)(F)F)c1. The lowest BCUT2D eigenvalue weighted by Gasteiger charge is -2.14. The van der Waals surface area contributed by atoms with Gasteiger partial charge in [0.2, 0.25) is 5.91 Å². The third-order valence-electron chi connectivity index (χ3n) is 4.64. The molecule has 0 aliphatic carbocycles. The number of alkyl halides is 6. The number of halogens is 6. The van der Waals surface area contributed by atoms with Crippen LogP contribution in [0.15, 0.2) is 53.9 Å². The minimum absolute atomic E-state index is 0.0676. The number of carbonyl (C=O) groups excluding carboxylic acids is 2. The molecule has 0 fully saturated rings. The molecule has 0 aliphatic heterocycles. The van der Waals surface area contributed by atoms with E-state index in [-0.39, 0.29) is 28.6 Å². The molecule has 13 heteroatoms. The van der Waals surface area contributed by atoms with Crippen molar-refractivity contribution in [3.05, 3.63) is 76.3 Å². The van der Waals surface area contributed by atoms with Crippen LogP contribution >= 0.6 is 11.3 Å². The molecule has 1 atom stereocenters. The van der Waals surface area contributed by atoms with Crippen molar-refractivity contribution in [1.82, 2.24) is 15.6 Å². The van der Waals surface area contributed by atoms with Crippen LogP contribution < -0.4 is 16.0 Å². The Morgan fingerprint density at radius 3 is 2.26 bits per heavy atom. The quantitative estimate of drug-likeness (QED) is 0.370. The van der Waals surface area contributed by atoms with E-state index >= 15 is 0 Å². The van der Waals surface area contributed by atoms with Crippen LogP contribution in [-0.2, 0) is 23.7 Å². The number of benzene rings is 2. The first kappa shape index (κ1) is 26.0.